The molecule has 0 aliphatic carbocycles. The van der Waals surface area contributed by atoms with Gasteiger partial charge in [-0.25, -0.2) is 4.79 Å². The third-order valence-electron chi connectivity index (χ3n) is 4.07. The summed E-state index contributed by atoms with van der Waals surface area (Å²) >= 11 is 0. The van der Waals surface area contributed by atoms with Crippen molar-refractivity contribution in [2.24, 2.45) is 0 Å². The fraction of sp³-hybridized carbons (Fsp3) is 0.550. The topological polar surface area (TPSA) is 74.2 Å². The zero-order chi connectivity index (χ0) is 19.1. The van der Waals surface area contributed by atoms with Gasteiger partial charge in [0.05, 0.1) is 12.2 Å². The first-order chi connectivity index (χ1) is 12.4. The molecule has 1 heterocycles. The third-order valence-corrected chi connectivity index (χ3v) is 4.07. The van der Waals surface area contributed by atoms with E-state index in [9.17, 15) is 9.90 Å². The number of hydrogen-bond acceptors (Lipinski definition) is 6. The molecule has 0 aromatic heterocycles. The van der Waals surface area contributed by atoms with Crippen molar-refractivity contribution in [1.82, 2.24) is 0 Å². The average molecular weight is 364 g/mol. The van der Waals surface area contributed by atoms with Crippen LogP contribution in [0.1, 0.15) is 45.5 Å². The maximum Gasteiger partial charge on any atom is 0.333 e. The Bertz CT molecular complexity index is 597. The Hall–Kier alpha value is -1.89. The Kier molecular flexibility index (Phi) is 7.63. The summed E-state index contributed by atoms with van der Waals surface area (Å²) in [6.07, 6.45) is 0.948. The van der Waals surface area contributed by atoms with E-state index in [0.717, 1.165) is 18.4 Å². The first-order valence-electron chi connectivity index (χ1n) is 8.93. The number of carbonyl (C=O) groups excluding carboxylic acids is 1. The number of esters is 1. The van der Waals surface area contributed by atoms with E-state index in [-0.39, 0.29) is 31.7 Å². The van der Waals surface area contributed by atoms with Gasteiger partial charge in [0.25, 0.3) is 0 Å². The smallest absolute Gasteiger partial charge is 0.333 e. The molecular weight excluding hydrogens is 336 g/mol. The Labute approximate surface area is 154 Å². The lowest BCUT2D eigenvalue weighted by Gasteiger charge is -2.34. The van der Waals surface area contributed by atoms with Crippen LogP contribution >= 0.6 is 0 Å². The normalized spacial score (nSPS) is 23.9. The number of ether oxygens (including phenoxy) is 4. The van der Waals surface area contributed by atoms with E-state index < -0.39 is 12.1 Å². The Balaban J connectivity index is 1.81. The number of benzene rings is 1. The highest BCUT2D eigenvalue weighted by molar-refractivity contribution is 5.86. The third kappa shape index (κ3) is 6.12. The number of carbonyl (C=O) groups is 1. The van der Waals surface area contributed by atoms with E-state index in [1.54, 1.807) is 19.1 Å². The molecule has 144 valence electrons. The van der Waals surface area contributed by atoms with Crippen LogP contribution in [0.5, 0.6) is 5.75 Å². The summed E-state index contributed by atoms with van der Waals surface area (Å²) in [4.78, 5) is 11.3. The summed E-state index contributed by atoms with van der Waals surface area (Å²) in [5.41, 5.74) is 1.22. The maximum absolute atomic E-state index is 11.3. The highest BCUT2D eigenvalue weighted by Crippen LogP contribution is 2.31. The second-order valence-corrected chi connectivity index (χ2v) is 6.59. The van der Waals surface area contributed by atoms with E-state index >= 15 is 0 Å². The van der Waals surface area contributed by atoms with Crippen molar-refractivity contribution < 1.29 is 28.8 Å². The zero-order valence-corrected chi connectivity index (χ0v) is 15.6. The molecule has 1 fully saturated rings. The van der Waals surface area contributed by atoms with Crippen LogP contribution in [0, 0.1) is 0 Å². The molecule has 1 aliphatic rings. The van der Waals surface area contributed by atoms with Crippen molar-refractivity contribution in [3.05, 3.63) is 42.0 Å². The van der Waals surface area contributed by atoms with E-state index in [1.165, 1.54) is 0 Å². The number of hydrogen-bond donors (Lipinski definition) is 1. The second kappa shape index (κ2) is 9.71. The van der Waals surface area contributed by atoms with Gasteiger partial charge < -0.3 is 24.1 Å². The van der Waals surface area contributed by atoms with Crippen LogP contribution in [0.3, 0.4) is 0 Å². The van der Waals surface area contributed by atoms with Crippen LogP contribution in [0.2, 0.25) is 0 Å². The van der Waals surface area contributed by atoms with Gasteiger partial charge in [0, 0.05) is 11.1 Å². The lowest BCUT2D eigenvalue weighted by Crippen LogP contribution is -2.31. The average Bonchev–Trinajstić information content (AvgIpc) is 2.64. The number of rotatable bonds is 8. The van der Waals surface area contributed by atoms with Gasteiger partial charge in [0.1, 0.15) is 25.1 Å². The lowest BCUT2D eigenvalue weighted by atomic mass is 10.1. The quantitative estimate of drug-likeness (QED) is 0.564. The summed E-state index contributed by atoms with van der Waals surface area (Å²) < 4.78 is 22.2. The van der Waals surface area contributed by atoms with Gasteiger partial charge in [-0.3, -0.25) is 0 Å². The van der Waals surface area contributed by atoms with Gasteiger partial charge in [-0.1, -0.05) is 25.6 Å². The van der Waals surface area contributed by atoms with Gasteiger partial charge in [-0.2, -0.15) is 0 Å². The molecule has 1 N–H and O–H groups in total. The largest absolute Gasteiger partial charge is 0.491 e. The minimum Gasteiger partial charge on any atom is -0.491 e. The summed E-state index contributed by atoms with van der Waals surface area (Å²) in [5, 5.41) is 9.81. The molecule has 6 heteroatoms. The molecule has 1 aromatic carbocycles. The first kappa shape index (κ1) is 20.4. The molecule has 0 bridgehead atoms. The summed E-state index contributed by atoms with van der Waals surface area (Å²) in [6.45, 7) is 9.08. The number of aliphatic hydroxyl groups is 1. The van der Waals surface area contributed by atoms with Crippen LogP contribution in [-0.2, 0) is 19.0 Å². The van der Waals surface area contributed by atoms with Gasteiger partial charge >= 0.3 is 5.97 Å². The first-order valence-corrected chi connectivity index (χ1v) is 8.93. The fourth-order valence-electron chi connectivity index (χ4n) is 2.58. The molecule has 0 saturated carbocycles. The van der Waals surface area contributed by atoms with Gasteiger partial charge in [-0.05, 0) is 38.8 Å². The number of aliphatic hydroxyl groups excluding tert-OH is 1. The Morgan fingerprint density at radius 2 is 2.00 bits per heavy atom. The van der Waals surface area contributed by atoms with Gasteiger partial charge in [0.2, 0.25) is 0 Å². The van der Waals surface area contributed by atoms with Crippen LogP contribution in [0.15, 0.2) is 36.4 Å². The van der Waals surface area contributed by atoms with Crippen molar-refractivity contribution in [1.29, 1.82) is 0 Å². The van der Waals surface area contributed by atoms with E-state index in [1.807, 2.05) is 12.1 Å². The van der Waals surface area contributed by atoms with Gasteiger partial charge in [-0.15, -0.1) is 0 Å². The molecule has 1 aliphatic heterocycles. The molecular formula is C20H28O6. The van der Waals surface area contributed by atoms with Crippen molar-refractivity contribution in [3.63, 3.8) is 0 Å². The predicted octanol–water partition coefficient (Wildman–Crippen LogP) is 3.15. The lowest BCUT2D eigenvalue weighted by molar-refractivity contribution is -0.243. The SMILES string of the molecule is C=C(C)C(=O)OCC(O)COc1ccc(C2OC(C)CC(CC)O2)cc1. The highest BCUT2D eigenvalue weighted by atomic mass is 16.7. The van der Waals surface area contributed by atoms with Crippen LogP contribution in [0.4, 0.5) is 0 Å². The molecule has 26 heavy (non-hydrogen) atoms. The highest BCUT2D eigenvalue weighted by Gasteiger charge is 2.27. The van der Waals surface area contributed by atoms with Crippen LogP contribution in [0.25, 0.3) is 0 Å². The molecule has 1 saturated heterocycles. The molecule has 4 unspecified atom stereocenters. The molecule has 1 aromatic rings. The van der Waals surface area contributed by atoms with E-state index in [2.05, 4.69) is 20.4 Å². The van der Waals surface area contributed by atoms with E-state index in [4.69, 9.17) is 18.9 Å². The van der Waals surface area contributed by atoms with Crippen LogP contribution in [-0.4, -0.2) is 42.6 Å². The molecule has 0 spiro atoms. The molecule has 6 nitrogen and oxygen atoms in total. The molecule has 2 rings (SSSR count). The summed E-state index contributed by atoms with van der Waals surface area (Å²) in [6, 6.07) is 7.38. The summed E-state index contributed by atoms with van der Waals surface area (Å²) in [7, 11) is 0. The minimum atomic E-state index is -0.908. The standard InChI is InChI=1S/C20H28O6/c1-5-17-10-14(4)25-20(26-17)15-6-8-18(9-7-15)23-11-16(21)12-24-19(22)13(2)3/h6-9,14,16-17,20-21H,2,5,10-12H2,1,3-4H3. The monoisotopic (exact) mass is 364 g/mol. The van der Waals surface area contributed by atoms with Crippen molar-refractivity contribution >= 4 is 5.97 Å². The second-order valence-electron chi connectivity index (χ2n) is 6.59. The zero-order valence-electron chi connectivity index (χ0n) is 15.6. The van der Waals surface area contributed by atoms with Crippen molar-refractivity contribution in [2.45, 2.75) is 58.2 Å². The van der Waals surface area contributed by atoms with Crippen LogP contribution < -0.4 is 4.74 Å². The molecule has 0 amide bonds. The van der Waals surface area contributed by atoms with Crippen molar-refractivity contribution in [3.8, 4) is 5.75 Å². The predicted molar refractivity (Wildman–Crippen MR) is 96.8 cm³/mol. The minimum absolute atomic E-state index is 0.0220. The van der Waals surface area contributed by atoms with E-state index in [0.29, 0.717) is 11.3 Å². The van der Waals surface area contributed by atoms with Gasteiger partial charge in [0.15, 0.2) is 6.29 Å². The summed E-state index contributed by atoms with van der Waals surface area (Å²) in [5.74, 6) is 0.0791. The Morgan fingerprint density at radius 3 is 2.62 bits per heavy atom. The Morgan fingerprint density at radius 1 is 1.31 bits per heavy atom. The molecule has 4 atom stereocenters. The molecule has 0 radical (unpaired) electrons. The maximum atomic E-state index is 11.3. The fourth-order valence-corrected chi connectivity index (χ4v) is 2.58. The van der Waals surface area contributed by atoms with Crippen molar-refractivity contribution in [2.75, 3.05) is 13.2 Å².